The lowest BCUT2D eigenvalue weighted by molar-refractivity contribution is -0.679. The second-order valence-electron chi connectivity index (χ2n) is 7.78. The number of carboxylic acid groups (broad SMARTS) is 1. The normalized spacial score (nSPS) is 19.0. The highest BCUT2D eigenvalue weighted by atomic mass is 32.2. The maximum absolute atomic E-state index is 13.1. The summed E-state index contributed by atoms with van der Waals surface area (Å²) in [7, 11) is 0. The fourth-order valence-corrected chi connectivity index (χ4v) is 6.78. The molecule has 2 unspecified atom stereocenters. The minimum Gasteiger partial charge on any atom is -0.591 e. The molecular formula is C21H19N7O7S3. The number of β-lactam (4-membered cyclic amide) rings is 1. The maximum Gasteiger partial charge on any atom is 0.403 e. The Kier molecular flexibility index (Phi) is 8.24. The summed E-state index contributed by atoms with van der Waals surface area (Å²) in [4.78, 5) is 51.9. The topological polar surface area (TPSA) is 212 Å². The molecule has 3 atom stereocenters. The summed E-state index contributed by atoms with van der Waals surface area (Å²) in [5.74, 6) is -2.79. The average Bonchev–Trinajstić information content (AvgIpc) is 3.43. The van der Waals surface area contributed by atoms with Gasteiger partial charge in [-0.05, 0) is 27.9 Å². The minimum atomic E-state index is -1.31. The number of carbonyl (C=O) groups is 4. The molecule has 14 nitrogen and oxygen atoms in total. The predicted octanol–water partition coefficient (Wildman–Crippen LogP) is -0.123. The van der Waals surface area contributed by atoms with Crippen molar-refractivity contribution >= 4 is 58.7 Å². The lowest BCUT2D eigenvalue weighted by Gasteiger charge is -2.49. The van der Waals surface area contributed by atoms with Gasteiger partial charge in [-0.15, -0.1) is 23.1 Å². The molecule has 17 heteroatoms. The Bertz CT molecular complexity index is 1350. The molecule has 2 aromatic rings. The quantitative estimate of drug-likeness (QED) is 0.0871. The minimum absolute atomic E-state index is 0.0399. The molecular weight excluding hydrogens is 558 g/mol. The molecule has 1 saturated heterocycles. The highest BCUT2D eigenvalue weighted by Crippen LogP contribution is 2.41. The van der Waals surface area contributed by atoms with Crippen molar-refractivity contribution in [1.82, 2.24) is 25.9 Å². The Morgan fingerprint density at radius 1 is 1.37 bits per heavy atom. The van der Waals surface area contributed by atoms with Crippen LogP contribution in [-0.2, 0) is 14.4 Å². The number of thiophene rings is 1. The lowest BCUT2D eigenvalue weighted by atomic mass is 10.0. The third kappa shape index (κ3) is 5.61. The lowest BCUT2D eigenvalue weighted by Crippen LogP contribution is -2.71. The third-order valence-electron chi connectivity index (χ3n) is 5.40. The summed E-state index contributed by atoms with van der Waals surface area (Å²) < 4.78 is 0. The highest BCUT2D eigenvalue weighted by molar-refractivity contribution is 8.01. The van der Waals surface area contributed by atoms with E-state index in [1.807, 2.05) is 0 Å². The molecule has 1 fully saturated rings. The molecule has 0 aliphatic carbocycles. The Hall–Kier alpha value is -4.01. The van der Waals surface area contributed by atoms with Crippen LogP contribution in [0.15, 0.2) is 45.9 Å². The van der Waals surface area contributed by atoms with Crippen LogP contribution in [0.4, 0.5) is 4.79 Å². The summed E-state index contributed by atoms with van der Waals surface area (Å²) in [6.45, 7) is -0.260. The molecule has 0 aromatic carbocycles. The van der Waals surface area contributed by atoms with Gasteiger partial charge in [-0.25, -0.2) is 9.59 Å². The van der Waals surface area contributed by atoms with Gasteiger partial charge < -0.3 is 31.4 Å². The second kappa shape index (κ2) is 11.6. The number of aromatic hydroxyl groups is 1. The van der Waals surface area contributed by atoms with Crippen molar-refractivity contribution in [2.45, 2.75) is 22.5 Å². The Labute approximate surface area is 227 Å². The summed E-state index contributed by atoms with van der Waals surface area (Å²) >= 11 is 3.56. The molecule has 0 spiro atoms. The van der Waals surface area contributed by atoms with Gasteiger partial charge in [-0.2, -0.15) is 5.26 Å². The molecule has 4 amide bonds. The van der Waals surface area contributed by atoms with Crippen LogP contribution in [-0.4, -0.2) is 73.5 Å². The number of hydrogen-bond acceptors (Lipinski definition) is 11. The van der Waals surface area contributed by atoms with Gasteiger partial charge in [-0.1, -0.05) is 17.8 Å². The van der Waals surface area contributed by atoms with Crippen molar-refractivity contribution in [3.63, 3.8) is 0 Å². The van der Waals surface area contributed by atoms with Crippen LogP contribution in [0.2, 0.25) is 0 Å². The van der Waals surface area contributed by atoms with E-state index in [4.69, 9.17) is 5.26 Å². The molecule has 2 aliphatic rings. The van der Waals surface area contributed by atoms with Crippen LogP contribution in [0.25, 0.3) is 0 Å². The van der Waals surface area contributed by atoms with Gasteiger partial charge >= 0.3 is 17.9 Å². The van der Waals surface area contributed by atoms with E-state index in [0.717, 1.165) is 22.7 Å². The monoisotopic (exact) mass is 577 g/mol. The van der Waals surface area contributed by atoms with E-state index in [0.29, 0.717) is 10.5 Å². The van der Waals surface area contributed by atoms with Gasteiger partial charge in [0.2, 0.25) is 5.91 Å². The molecule has 5 N–H and O–H groups in total. The number of thioether (sulfide) groups is 2. The second-order valence-corrected chi connectivity index (χ2v) is 10.9. The number of nitrogens with one attached hydrogen (secondary N) is 3. The van der Waals surface area contributed by atoms with E-state index in [-0.39, 0.29) is 33.6 Å². The number of hydrogen-bond donors (Lipinski definition) is 5. The van der Waals surface area contributed by atoms with Gasteiger partial charge in [0.1, 0.15) is 29.7 Å². The number of urea groups is 1. The van der Waals surface area contributed by atoms with Crippen molar-refractivity contribution < 1.29 is 34.2 Å². The van der Waals surface area contributed by atoms with Crippen molar-refractivity contribution in [2.24, 2.45) is 0 Å². The largest absolute Gasteiger partial charge is 0.591 e. The summed E-state index contributed by atoms with van der Waals surface area (Å²) in [6.07, 6.45) is 0. The number of amides is 4. The van der Waals surface area contributed by atoms with E-state index in [9.17, 15) is 34.6 Å². The van der Waals surface area contributed by atoms with E-state index in [2.05, 4.69) is 21.0 Å². The van der Waals surface area contributed by atoms with E-state index >= 15 is 0 Å². The molecule has 4 heterocycles. The zero-order chi connectivity index (χ0) is 27.4. The summed E-state index contributed by atoms with van der Waals surface area (Å²) in [6, 6.07) is 4.77. The molecule has 0 saturated carbocycles. The smallest absolute Gasteiger partial charge is 0.403 e. The van der Waals surface area contributed by atoms with Crippen LogP contribution in [0.1, 0.15) is 10.9 Å². The molecule has 2 aliphatic heterocycles. The van der Waals surface area contributed by atoms with Crippen LogP contribution >= 0.6 is 34.9 Å². The van der Waals surface area contributed by atoms with Crippen molar-refractivity contribution in [2.75, 3.05) is 18.1 Å². The van der Waals surface area contributed by atoms with Crippen molar-refractivity contribution in [3.05, 3.63) is 51.0 Å². The van der Waals surface area contributed by atoms with Crippen LogP contribution in [0, 0.1) is 16.5 Å². The first-order valence-corrected chi connectivity index (χ1v) is 13.7. The number of nitrogens with zero attached hydrogens (tertiary/aromatic N) is 4. The summed E-state index contributed by atoms with van der Waals surface area (Å²) in [5, 5.41) is 51.6. The zero-order valence-electron chi connectivity index (χ0n) is 19.2. The van der Waals surface area contributed by atoms with Gasteiger partial charge in [0, 0.05) is 21.5 Å². The Morgan fingerprint density at radius 2 is 2.16 bits per heavy atom. The van der Waals surface area contributed by atoms with Gasteiger partial charge in [-0.3, -0.25) is 14.5 Å². The Morgan fingerprint density at radius 3 is 2.82 bits per heavy atom. The zero-order valence-corrected chi connectivity index (χ0v) is 21.6. The number of carbonyl (C=O) groups excluding carboxylic acids is 3. The maximum atomic E-state index is 13.1. The fourth-order valence-electron chi connectivity index (χ4n) is 3.68. The molecule has 4 rings (SSSR count). The number of rotatable bonds is 9. The number of fused-ring (bicyclic) bond motifs is 1. The molecule has 38 heavy (non-hydrogen) atoms. The SMILES string of the molecule is N#CCNC(=O)NC(C(=O)N[C@H]1C(=O)N2C(C(=O)O)=C(CSc3ccc(O)[n+]([O-])n3)CSC12)c1cccs1. The number of aliphatic carboxylic acids is 1. The first-order valence-electron chi connectivity index (χ1n) is 10.8. The molecule has 198 valence electrons. The van der Waals surface area contributed by atoms with Crippen molar-refractivity contribution in [3.8, 4) is 11.9 Å². The fraction of sp³-hybridized carbons (Fsp3) is 0.286. The third-order valence-corrected chi connectivity index (χ3v) is 8.68. The first kappa shape index (κ1) is 27.0. The molecule has 0 bridgehead atoms. The molecule has 2 aromatic heterocycles. The van der Waals surface area contributed by atoms with Gasteiger partial charge in [0.05, 0.1) is 12.1 Å². The van der Waals surface area contributed by atoms with E-state index in [1.165, 1.54) is 29.2 Å². The van der Waals surface area contributed by atoms with Gasteiger partial charge in [0.25, 0.3) is 5.91 Å². The van der Waals surface area contributed by atoms with E-state index < -0.39 is 47.2 Å². The average molecular weight is 578 g/mol. The molecule has 0 radical (unpaired) electrons. The summed E-state index contributed by atoms with van der Waals surface area (Å²) in [5.41, 5.74) is 0.232. The van der Waals surface area contributed by atoms with Gasteiger partial charge in [0.15, 0.2) is 5.03 Å². The number of nitriles is 1. The first-order chi connectivity index (χ1) is 18.2. The van der Waals surface area contributed by atoms with Crippen LogP contribution in [0.3, 0.4) is 0 Å². The van der Waals surface area contributed by atoms with Crippen LogP contribution in [0.5, 0.6) is 5.88 Å². The van der Waals surface area contributed by atoms with Crippen LogP contribution < -0.4 is 20.8 Å². The van der Waals surface area contributed by atoms with Crippen molar-refractivity contribution in [1.29, 1.82) is 5.26 Å². The number of carboxylic acids is 1. The standard InChI is InChI=1S/C21H19N7O7S3/c22-5-6-23-21(34)25-14(11-2-1-7-36-11)17(30)24-15-18(31)27-16(20(32)33)10(9-38-19(15)27)8-37-12-3-4-13(29)28(35)26-12/h1-4,7,14-15,19,29H,6,8-9H2,(H,24,30)(H,32,33)(H2,23,25,34)/t14?,15-,19?/m0/s1. The highest BCUT2D eigenvalue weighted by Gasteiger charge is 2.54. The number of aromatic nitrogens is 2. The van der Waals surface area contributed by atoms with E-state index in [1.54, 1.807) is 23.6 Å². The Balaban J connectivity index is 1.46. The predicted molar refractivity (Wildman–Crippen MR) is 134 cm³/mol.